The predicted octanol–water partition coefficient (Wildman–Crippen LogP) is 5.02. The Hall–Kier alpha value is -1.78. The van der Waals surface area contributed by atoms with Crippen molar-refractivity contribution in [1.82, 2.24) is 14.9 Å². The molecule has 0 saturated heterocycles. The Morgan fingerprint density at radius 3 is 2.62 bits per heavy atom. The number of benzene rings is 1. The van der Waals surface area contributed by atoms with Gasteiger partial charge in [-0.1, -0.05) is 24.3 Å². The van der Waals surface area contributed by atoms with Gasteiger partial charge < -0.3 is 0 Å². The maximum absolute atomic E-state index is 14.6. The summed E-state index contributed by atoms with van der Waals surface area (Å²) in [4.78, 5) is 10.6. The van der Waals surface area contributed by atoms with Crippen LogP contribution in [0.4, 0.5) is 4.39 Å². The third-order valence-electron chi connectivity index (χ3n) is 5.35. The Labute approximate surface area is 158 Å². The lowest BCUT2D eigenvalue weighted by Crippen LogP contribution is -2.46. The first-order chi connectivity index (χ1) is 12.3. The zero-order chi connectivity index (χ0) is 18.5. The molecule has 5 heteroatoms. The topological polar surface area (TPSA) is 29.0 Å². The third kappa shape index (κ3) is 3.17. The van der Waals surface area contributed by atoms with Crippen LogP contribution in [0, 0.1) is 0 Å². The van der Waals surface area contributed by atoms with E-state index in [9.17, 15) is 4.39 Å². The molecule has 26 heavy (non-hydrogen) atoms. The van der Waals surface area contributed by atoms with Crippen molar-refractivity contribution < 1.29 is 4.39 Å². The van der Waals surface area contributed by atoms with Crippen LogP contribution in [0.3, 0.4) is 0 Å². The van der Waals surface area contributed by atoms with Gasteiger partial charge in [-0.2, -0.15) is 0 Å². The predicted molar refractivity (Wildman–Crippen MR) is 103 cm³/mol. The standard InChI is InChI=1S/C21H23ClFN3/c1-13-8-17-16-7-5-4-6-14(16)9-18(17)19(26(13)12-21(2,3)23)15-10-24-20(22)25-11-15/h4-7,10-11,13,19H,8-9,12H2,1-3H3/t13-,19-/m1/s1. The van der Waals surface area contributed by atoms with Gasteiger partial charge in [-0.05, 0) is 67.5 Å². The van der Waals surface area contributed by atoms with E-state index in [1.807, 2.05) is 0 Å². The van der Waals surface area contributed by atoms with E-state index >= 15 is 0 Å². The Bertz CT molecular complexity index is 854. The van der Waals surface area contributed by atoms with E-state index in [-0.39, 0.29) is 17.4 Å². The lowest BCUT2D eigenvalue weighted by Gasteiger charge is -2.43. The molecule has 0 amide bonds. The van der Waals surface area contributed by atoms with Crippen LogP contribution in [0.1, 0.15) is 49.9 Å². The van der Waals surface area contributed by atoms with E-state index in [1.54, 1.807) is 26.2 Å². The fraction of sp³-hybridized carbons (Fsp3) is 0.429. The van der Waals surface area contributed by atoms with E-state index in [2.05, 4.69) is 46.1 Å². The number of fused-ring (bicyclic) bond motifs is 2. The van der Waals surface area contributed by atoms with E-state index in [4.69, 9.17) is 11.6 Å². The zero-order valence-corrected chi connectivity index (χ0v) is 16.1. The first kappa shape index (κ1) is 17.6. The number of hydrogen-bond acceptors (Lipinski definition) is 3. The minimum Gasteiger partial charge on any atom is -0.286 e. The SMILES string of the molecule is C[C@@H]1CC2=C(Cc3ccccc32)[C@@H](c2cnc(Cl)nc2)N1CC(C)(C)F. The molecule has 1 aromatic heterocycles. The van der Waals surface area contributed by atoms with E-state index in [1.165, 1.54) is 22.3 Å². The van der Waals surface area contributed by atoms with Gasteiger partial charge in [-0.15, -0.1) is 0 Å². The summed E-state index contributed by atoms with van der Waals surface area (Å²) in [6, 6.07) is 8.79. The number of nitrogens with zero attached hydrogens (tertiary/aromatic N) is 3. The molecule has 3 nitrogen and oxygen atoms in total. The van der Waals surface area contributed by atoms with Gasteiger partial charge in [0.1, 0.15) is 5.67 Å². The zero-order valence-electron chi connectivity index (χ0n) is 15.3. The van der Waals surface area contributed by atoms with Crippen molar-refractivity contribution in [3.8, 4) is 0 Å². The molecule has 1 aromatic carbocycles. The first-order valence-electron chi connectivity index (χ1n) is 9.06. The minimum absolute atomic E-state index is 0.0200. The lowest BCUT2D eigenvalue weighted by molar-refractivity contribution is 0.0700. The van der Waals surface area contributed by atoms with Crippen molar-refractivity contribution in [2.24, 2.45) is 0 Å². The Kier molecular flexibility index (Phi) is 4.36. The van der Waals surface area contributed by atoms with Gasteiger partial charge in [-0.3, -0.25) is 4.90 Å². The molecule has 2 aromatic rings. The van der Waals surface area contributed by atoms with Gasteiger partial charge in [-0.25, -0.2) is 14.4 Å². The van der Waals surface area contributed by atoms with Crippen molar-refractivity contribution >= 4 is 17.2 Å². The summed E-state index contributed by atoms with van der Waals surface area (Å²) in [6.07, 6.45) is 5.40. The number of halogens is 2. The molecule has 2 heterocycles. The Balaban J connectivity index is 1.82. The molecular weight excluding hydrogens is 349 g/mol. The monoisotopic (exact) mass is 371 g/mol. The van der Waals surface area contributed by atoms with Gasteiger partial charge in [0.25, 0.3) is 0 Å². The maximum atomic E-state index is 14.6. The first-order valence-corrected chi connectivity index (χ1v) is 9.43. The molecule has 0 radical (unpaired) electrons. The van der Waals surface area contributed by atoms with Gasteiger partial charge in [0.2, 0.25) is 5.28 Å². The molecule has 2 aliphatic rings. The van der Waals surface area contributed by atoms with E-state index in [0.717, 1.165) is 18.4 Å². The van der Waals surface area contributed by atoms with Crippen LogP contribution in [0.25, 0.3) is 5.57 Å². The number of aromatic nitrogens is 2. The van der Waals surface area contributed by atoms with Crippen molar-refractivity contribution in [1.29, 1.82) is 0 Å². The molecule has 0 spiro atoms. The van der Waals surface area contributed by atoms with Crippen LogP contribution < -0.4 is 0 Å². The van der Waals surface area contributed by atoms with Crippen molar-refractivity contribution in [2.75, 3.05) is 6.54 Å². The molecule has 2 atom stereocenters. The largest absolute Gasteiger partial charge is 0.286 e. The summed E-state index contributed by atoms with van der Waals surface area (Å²) in [5.74, 6) is 0. The smallest absolute Gasteiger partial charge is 0.222 e. The van der Waals surface area contributed by atoms with Gasteiger partial charge in [0.05, 0.1) is 6.04 Å². The highest BCUT2D eigenvalue weighted by atomic mass is 35.5. The fourth-order valence-corrected chi connectivity index (χ4v) is 4.46. The van der Waals surface area contributed by atoms with Gasteiger partial charge in [0, 0.05) is 30.5 Å². The molecule has 0 unspecified atom stereocenters. The average molecular weight is 372 g/mol. The van der Waals surface area contributed by atoms with Crippen LogP contribution in [0.15, 0.2) is 42.2 Å². The van der Waals surface area contributed by atoms with Gasteiger partial charge >= 0.3 is 0 Å². The normalized spacial score (nSPS) is 23.1. The summed E-state index contributed by atoms with van der Waals surface area (Å²) < 4.78 is 14.6. The summed E-state index contributed by atoms with van der Waals surface area (Å²) in [6.45, 7) is 5.83. The third-order valence-corrected chi connectivity index (χ3v) is 5.55. The van der Waals surface area contributed by atoms with Crippen LogP contribution in [-0.2, 0) is 6.42 Å². The fourth-order valence-electron chi connectivity index (χ4n) is 4.36. The van der Waals surface area contributed by atoms with Crippen molar-refractivity contribution in [2.45, 2.75) is 51.4 Å². The summed E-state index contributed by atoms with van der Waals surface area (Å²) >= 11 is 5.90. The number of rotatable bonds is 3. The van der Waals surface area contributed by atoms with Gasteiger partial charge in [0.15, 0.2) is 0 Å². The average Bonchev–Trinajstić information content (AvgIpc) is 2.94. The molecule has 1 aliphatic heterocycles. The molecule has 0 bridgehead atoms. The molecule has 1 aliphatic carbocycles. The highest BCUT2D eigenvalue weighted by molar-refractivity contribution is 6.28. The van der Waals surface area contributed by atoms with Crippen LogP contribution in [0.5, 0.6) is 0 Å². The molecule has 0 N–H and O–H groups in total. The second-order valence-corrected chi connectivity index (χ2v) is 8.31. The lowest BCUT2D eigenvalue weighted by atomic mass is 9.85. The highest BCUT2D eigenvalue weighted by Crippen LogP contribution is 2.48. The highest BCUT2D eigenvalue weighted by Gasteiger charge is 2.40. The molecule has 136 valence electrons. The van der Waals surface area contributed by atoms with Crippen molar-refractivity contribution in [3.63, 3.8) is 0 Å². The molecule has 4 rings (SSSR count). The molecule has 0 saturated carbocycles. The quantitative estimate of drug-likeness (QED) is 0.709. The Morgan fingerprint density at radius 1 is 1.23 bits per heavy atom. The molecular formula is C21H23ClFN3. The van der Waals surface area contributed by atoms with Crippen LogP contribution in [0.2, 0.25) is 5.28 Å². The number of alkyl halides is 1. The molecule has 0 fully saturated rings. The van der Waals surface area contributed by atoms with Crippen LogP contribution >= 0.6 is 11.6 Å². The summed E-state index contributed by atoms with van der Waals surface area (Å²) in [7, 11) is 0. The second kappa shape index (κ2) is 6.43. The Morgan fingerprint density at radius 2 is 1.92 bits per heavy atom. The minimum atomic E-state index is -1.27. The summed E-state index contributed by atoms with van der Waals surface area (Å²) in [5.41, 5.74) is 5.15. The second-order valence-electron chi connectivity index (χ2n) is 7.97. The van der Waals surface area contributed by atoms with E-state index < -0.39 is 5.67 Å². The summed E-state index contributed by atoms with van der Waals surface area (Å²) in [5, 5.41) is 0.235. The van der Waals surface area contributed by atoms with Crippen molar-refractivity contribution in [3.05, 3.63) is 64.2 Å². The van der Waals surface area contributed by atoms with E-state index in [0.29, 0.717) is 6.54 Å². The van der Waals surface area contributed by atoms with Crippen LogP contribution in [-0.4, -0.2) is 33.1 Å². The number of hydrogen-bond donors (Lipinski definition) is 0. The maximum Gasteiger partial charge on any atom is 0.222 e.